The summed E-state index contributed by atoms with van der Waals surface area (Å²) in [6.45, 7) is 13.6. The zero-order valence-electron chi connectivity index (χ0n) is 43.7. The van der Waals surface area contributed by atoms with Crippen molar-refractivity contribution in [2.24, 2.45) is 50.2 Å². The average molecular weight is 1080 g/mol. The summed E-state index contributed by atoms with van der Waals surface area (Å²) in [5.41, 5.74) is -2.51. The van der Waals surface area contributed by atoms with E-state index in [0.717, 1.165) is 18.4 Å². The Bertz CT molecular complexity index is 2120. The van der Waals surface area contributed by atoms with Crippen molar-refractivity contribution in [3.05, 3.63) is 11.6 Å². The van der Waals surface area contributed by atoms with Gasteiger partial charge in [0.25, 0.3) is 0 Å². The second-order valence-corrected chi connectivity index (χ2v) is 25.5. The number of hydrogen-bond donors (Lipinski definition) is 13. The number of esters is 1. The van der Waals surface area contributed by atoms with Gasteiger partial charge >= 0.3 is 11.9 Å². The number of carbonyl (C=O) groups is 2. The number of aliphatic hydroxyl groups is 12. The van der Waals surface area contributed by atoms with Crippen LogP contribution in [0.15, 0.2) is 11.6 Å². The van der Waals surface area contributed by atoms with Gasteiger partial charge in [-0.3, -0.25) is 4.79 Å². The van der Waals surface area contributed by atoms with Gasteiger partial charge in [-0.15, -0.1) is 0 Å². The van der Waals surface area contributed by atoms with Gasteiger partial charge in [-0.2, -0.15) is 0 Å². The molecular weight excluding hydrogens is 993 g/mol. The molecule has 0 aromatic rings. The van der Waals surface area contributed by atoms with Crippen molar-refractivity contribution >= 4 is 11.9 Å². The number of allylic oxidation sites excluding steroid dienone is 2. The average Bonchev–Trinajstić information content (AvgIpc) is 3.34. The van der Waals surface area contributed by atoms with Gasteiger partial charge in [0.2, 0.25) is 6.29 Å². The maximum Gasteiger partial charge on any atom is 0.335 e. The quantitative estimate of drug-likeness (QED) is 0.0659. The van der Waals surface area contributed by atoms with Gasteiger partial charge in [0.1, 0.15) is 84.8 Å². The summed E-state index contributed by atoms with van der Waals surface area (Å²) in [6, 6.07) is 0. The van der Waals surface area contributed by atoms with E-state index in [2.05, 4.69) is 54.5 Å². The van der Waals surface area contributed by atoms with Crippen molar-refractivity contribution in [3.63, 3.8) is 0 Å². The lowest BCUT2D eigenvalue weighted by Gasteiger charge is -2.71. The second-order valence-electron chi connectivity index (χ2n) is 25.5. The molecule has 4 saturated heterocycles. The van der Waals surface area contributed by atoms with Crippen LogP contribution in [0.25, 0.3) is 0 Å². The zero-order valence-corrected chi connectivity index (χ0v) is 43.7. The van der Waals surface area contributed by atoms with Crippen molar-refractivity contribution in [1.29, 1.82) is 0 Å². The fourth-order valence-electron chi connectivity index (χ4n) is 16.0. The minimum atomic E-state index is -2.03. The number of aliphatic hydroxyl groups excluding tert-OH is 12. The lowest BCUT2D eigenvalue weighted by Crippen LogP contribution is -2.68. The number of rotatable bonds is 10. The lowest BCUT2D eigenvalue weighted by atomic mass is 9.33. The van der Waals surface area contributed by atoms with E-state index in [4.69, 9.17) is 37.9 Å². The summed E-state index contributed by atoms with van der Waals surface area (Å²) in [7, 11) is 0. The third-order valence-corrected chi connectivity index (χ3v) is 20.6. The lowest BCUT2D eigenvalue weighted by molar-refractivity contribution is -0.375. The highest BCUT2D eigenvalue weighted by Crippen LogP contribution is 2.76. The monoisotopic (exact) mass is 1070 g/mol. The van der Waals surface area contributed by atoms with Gasteiger partial charge in [0.15, 0.2) is 25.0 Å². The molecule has 0 aromatic heterocycles. The standard InChI is InChI=1S/C52H82O23/c1-47(2)14-15-52(46(67)75-43-35(62)33(60)32(59)25(18-53)70-43)22(16-47)21-8-9-27-49(5)12-11-29(48(3,4)26(49)10-13-50(27,6)51(21,7)17-28(52)56)71-44-37(64)38(36(63)39(73-44)41(65)66)72-45-40(31(58)24(55)20-69-45)74-42-34(61)30(57)23(54)19-68-42/h8,22-40,42-45,53-64H,9-20H2,1-7H3,(H,65,66)/t22-,23+,24+,25-,26+,27-,28-,29+,30+,31+,32-,33+,34-,35-,36+,37-,38+,39+,40-,42+,43+,44-,45+,49+,50-,51-,52-/m1/s1. The Labute approximate surface area is 435 Å². The van der Waals surface area contributed by atoms with Crippen LogP contribution in [0, 0.1) is 50.2 Å². The highest BCUT2D eigenvalue weighted by Gasteiger charge is 2.72. The highest BCUT2D eigenvalue weighted by molar-refractivity contribution is 5.80. The molecular formula is C52H82O23. The SMILES string of the molecule is CC1(C)CC[C@]2(C(=O)O[C@@H]3O[C@H](CO)[C@@H](O)[C@H](O)[C@H]3O)[C@H](O)C[C@]3(C)C(=CC[C@@H]4[C@@]5(C)CC[C@H](O[C@@H]6O[C@H](C(=O)O)[C@@H](O)[C@H](O[C@@H]7OC[C@H](O)[C@H](O)[C@H]7O[C@@H]7OC[C@H](O)[C@H](O)[C@H]7O)[C@H]6O)C(C)(C)[C@@H]5CC[C@]43C)[C@H]2C1. The molecule has 0 amide bonds. The molecule has 0 unspecified atom stereocenters. The predicted octanol–water partition coefficient (Wildman–Crippen LogP) is -1.69. The molecule has 0 spiro atoms. The van der Waals surface area contributed by atoms with E-state index in [9.17, 15) is 76.0 Å². The van der Waals surface area contributed by atoms with E-state index in [1.54, 1.807) is 0 Å². The van der Waals surface area contributed by atoms with Gasteiger partial charge in [-0.25, -0.2) is 4.79 Å². The molecule has 23 heteroatoms. The van der Waals surface area contributed by atoms with Crippen LogP contribution in [0.2, 0.25) is 0 Å². The molecule has 5 aliphatic carbocycles. The molecule has 0 aromatic carbocycles. The molecule has 9 aliphatic rings. The first-order chi connectivity index (χ1) is 35.0. The maximum atomic E-state index is 14.8. The minimum Gasteiger partial charge on any atom is -0.479 e. The minimum absolute atomic E-state index is 0.00204. The number of fused-ring (bicyclic) bond motifs is 7. The molecule has 0 radical (unpaired) electrons. The summed E-state index contributed by atoms with van der Waals surface area (Å²) in [4.78, 5) is 27.4. The van der Waals surface area contributed by atoms with E-state index < -0.39 is 182 Å². The van der Waals surface area contributed by atoms with E-state index in [1.165, 1.54) is 0 Å². The van der Waals surface area contributed by atoms with E-state index in [1.807, 2.05) is 0 Å². The third kappa shape index (κ3) is 9.25. The molecule has 4 heterocycles. The summed E-state index contributed by atoms with van der Waals surface area (Å²) < 4.78 is 46.8. The molecule has 75 heavy (non-hydrogen) atoms. The van der Waals surface area contributed by atoms with Crippen LogP contribution in [0.5, 0.6) is 0 Å². The first kappa shape index (κ1) is 57.6. The summed E-state index contributed by atoms with van der Waals surface area (Å²) in [5.74, 6) is -2.75. The molecule has 4 saturated carbocycles. The van der Waals surface area contributed by atoms with Crippen LogP contribution in [0.3, 0.4) is 0 Å². The number of carboxylic acids is 1. The van der Waals surface area contributed by atoms with Gasteiger partial charge in [0.05, 0.1) is 32.0 Å². The number of hydrogen-bond acceptors (Lipinski definition) is 22. The Morgan fingerprint density at radius 3 is 1.93 bits per heavy atom. The third-order valence-electron chi connectivity index (χ3n) is 20.6. The van der Waals surface area contributed by atoms with Crippen LogP contribution >= 0.6 is 0 Å². The summed E-state index contributed by atoms with van der Waals surface area (Å²) >= 11 is 0. The Morgan fingerprint density at radius 2 is 1.27 bits per heavy atom. The number of ether oxygens (including phenoxy) is 8. The Kier molecular flexibility index (Phi) is 15.7. The van der Waals surface area contributed by atoms with Gasteiger partial charge in [0, 0.05) is 0 Å². The molecule has 8 fully saturated rings. The number of carbonyl (C=O) groups excluding carboxylic acids is 1. The molecule has 27 atom stereocenters. The van der Waals surface area contributed by atoms with Crippen LogP contribution in [0.1, 0.15) is 106 Å². The van der Waals surface area contributed by atoms with Crippen molar-refractivity contribution < 1.29 is 114 Å². The van der Waals surface area contributed by atoms with E-state index in [0.29, 0.717) is 38.5 Å². The Balaban J connectivity index is 0.946. The molecule has 428 valence electrons. The Morgan fingerprint density at radius 1 is 0.627 bits per heavy atom. The Hall–Kier alpha value is -2.08. The zero-order chi connectivity index (χ0) is 54.9. The number of aliphatic carboxylic acids is 1. The van der Waals surface area contributed by atoms with E-state index in [-0.39, 0.29) is 29.1 Å². The summed E-state index contributed by atoms with van der Waals surface area (Å²) in [6.07, 6.45) is -25.6. The van der Waals surface area contributed by atoms with Gasteiger partial charge in [-0.1, -0.05) is 60.1 Å². The van der Waals surface area contributed by atoms with Crippen molar-refractivity contribution in [1.82, 2.24) is 0 Å². The van der Waals surface area contributed by atoms with Gasteiger partial charge in [-0.05, 0) is 103 Å². The fourth-order valence-corrected chi connectivity index (χ4v) is 16.0. The maximum absolute atomic E-state index is 14.8. The first-order valence-electron chi connectivity index (χ1n) is 26.7. The molecule has 13 N–H and O–H groups in total. The first-order valence-corrected chi connectivity index (χ1v) is 26.7. The van der Waals surface area contributed by atoms with Crippen LogP contribution in [-0.4, -0.2) is 221 Å². The predicted molar refractivity (Wildman–Crippen MR) is 253 cm³/mol. The van der Waals surface area contributed by atoms with Crippen LogP contribution in [-0.2, 0) is 47.5 Å². The molecule has 23 nitrogen and oxygen atoms in total. The van der Waals surface area contributed by atoms with Crippen LogP contribution < -0.4 is 0 Å². The molecule has 0 bridgehead atoms. The topological polar surface area (TPSA) is 371 Å². The molecule has 4 aliphatic heterocycles. The fraction of sp³-hybridized carbons (Fsp3) is 0.923. The van der Waals surface area contributed by atoms with Crippen molar-refractivity contribution in [2.45, 2.75) is 229 Å². The second kappa shape index (κ2) is 20.5. The van der Waals surface area contributed by atoms with Crippen molar-refractivity contribution in [2.75, 3.05) is 19.8 Å². The van der Waals surface area contributed by atoms with Crippen LogP contribution in [0.4, 0.5) is 0 Å². The smallest absolute Gasteiger partial charge is 0.335 e. The normalized spacial score (nSPS) is 53.5. The highest BCUT2D eigenvalue weighted by atomic mass is 16.8. The molecule has 9 rings (SSSR count). The number of carboxylic acid groups (broad SMARTS) is 1. The van der Waals surface area contributed by atoms with Crippen molar-refractivity contribution in [3.8, 4) is 0 Å². The summed E-state index contributed by atoms with van der Waals surface area (Å²) in [5, 5.41) is 140. The van der Waals surface area contributed by atoms with Gasteiger partial charge < -0.3 is 104 Å². The largest absolute Gasteiger partial charge is 0.479 e. The van der Waals surface area contributed by atoms with E-state index >= 15 is 0 Å².